The summed E-state index contributed by atoms with van der Waals surface area (Å²) in [5, 5.41) is 11.1. The van der Waals surface area contributed by atoms with Gasteiger partial charge < -0.3 is 16.4 Å². The lowest BCUT2D eigenvalue weighted by Gasteiger charge is -2.22. The molecule has 3 heterocycles. The van der Waals surface area contributed by atoms with Gasteiger partial charge in [-0.25, -0.2) is 9.37 Å². The van der Waals surface area contributed by atoms with Gasteiger partial charge in [0.15, 0.2) is 5.69 Å². The van der Waals surface area contributed by atoms with Crippen molar-refractivity contribution in [2.75, 3.05) is 24.1 Å². The Labute approximate surface area is 159 Å². The number of nitrogens with zero attached hydrogens (tertiary/aromatic N) is 3. The highest BCUT2D eigenvalue weighted by Gasteiger charge is 2.20. The highest BCUT2D eigenvalue weighted by Crippen LogP contribution is 2.32. The lowest BCUT2D eigenvalue weighted by molar-refractivity contribution is 0.102. The van der Waals surface area contributed by atoms with Crippen molar-refractivity contribution in [1.82, 2.24) is 20.1 Å². The van der Waals surface area contributed by atoms with Crippen LogP contribution in [0.3, 0.4) is 0 Å². The molecule has 1 aliphatic rings. The number of hydrogen-bond donors (Lipinski definition) is 3. The van der Waals surface area contributed by atoms with E-state index in [1.165, 1.54) is 6.07 Å². The number of anilines is 2. The summed E-state index contributed by atoms with van der Waals surface area (Å²) >= 11 is 1.09. The molecular weight excluding hydrogens is 367 g/mol. The number of benzene rings is 1. The number of nitrogens with two attached hydrogens (primary N) is 1. The third kappa shape index (κ3) is 3.69. The molecular formula is C18H19FN6OS. The summed E-state index contributed by atoms with van der Waals surface area (Å²) < 4.78 is 15.8. The van der Waals surface area contributed by atoms with E-state index in [-0.39, 0.29) is 10.7 Å². The first kappa shape index (κ1) is 17.6. The number of nitrogens with one attached hydrogen (secondary N) is 2. The lowest BCUT2D eigenvalue weighted by Crippen LogP contribution is -2.29. The highest BCUT2D eigenvalue weighted by molar-refractivity contribution is 7.19. The minimum absolute atomic E-state index is 0.0906. The standard InChI is InChI=1S/C18H19FN6OS/c19-14-4-2-1-3-13(14)18-24-15(16(20)27-18)17(26)23-11-9-22-25(10-11)12-5-7-21-8-6-12/h1-4,9-10,12,21H,5-8,20H2,(H,23,26). The summed E-state index contributed by atoms with van der Waals surface area (Å²) in [6, 6.07) is 6.60. The Morgan fingerprint density at radius 2 is 2.11 bits per heavy atom. The van der Waals surface area contributed by atoms with Gasteiger partial charge in [-0.15, -0.1) is 0 Å². The first-order chi connectivity index (χ1) is 13.1. The summed E-state index contributed by atoms with van der Waals surface area (Å²) in [6.45, 7) is 1.92. The van der Waals surface area contributed by atoms with Crippen LogP contribution in [0.1, 0.15) is 29.4 Å². The third-order valence-electron chi connectivity index (χ3n) is 4.51. The van der Waals surface area contributed by atoms with Crippen molar-refractivity contribution in [3.8, 4) is 10.6 Å². The Kier molecular flexibility index (Phi) is 4.87. The summed E-state index contributed by atoms with van der Waals surface area (Å²) in [5.74, 6) is -0.836. The predicted molar refractivity (Wildman–Crippen MR) is 103 cm³/mol. The summed E-state index contributed by atoms with van der Waals surface area (Å²) in [5.41, 5.74) is 6.95. The molecule has 0 unspecified atom stereocenters. The van der Waals surface area contributed by atoms with Gasteiger partial charge in [-0.1, -0.05) is 23.5 Å². The van der Waals surface area contributed by atoms with Crippen LogP contribution in [0.15, 0.2) is 36.7 Å². The van der Waals surface area contributed by atoms with E-state index < -0.39 is 11.7 Å². The van der Waals surface area contributed by atoms with Crippen molar-refractivity contribution < 1.29 is 9.18 Å². The average Bonchev–Trinajstić information content (AvgIpc) is 3.29. The van der Waals surface area contributed by atoms with Crippen molar-refractivity contribution in [2.45, 2.75) is 18.9 Å². The molecule has 140 valence electrons. The second kappa shape index (κ2) is 7.45. The molecule has 4 N–H and O–H groups in total. The summed E-state index contributed by atoms with van der Waals surface area (Å²) in [4.78, 5) is 16.8. The van der Waals surface area contributed by atoms with Crippen LogP contribution in [-0.2, 0) is 0 Å². The summed E-state index contributed by atoms with van der Waals surface area (Å²) in [6.07, 6.45) is 5.43. The number of piperidine rings is 1. The van der Waals surface area contributed by atoms with Crippen LogP contribution in [0.2, 0.25) is 0 Å². The number of thiazole rings is 1. The number of aromatic nitrogens is 3. The zero-order chi connectivity index (χ0) is 18.8. The number of carbonyl (C=O) groups is 1. The highest BCUT2D eigenvalue weighted by atomic mass is 32.1. The number of rotatable bonds is 4. The van der Waals surface area contributed by atoms with Crippen LogP contribution >= 0.6 is 11.3 Å². The lowest BCUT2D eigenvalue weighted by atomic mass is 10.1. The summed E-state index contributed by atoms with van der Waals surface area (Å²) in [7, 11) is 0. The van der Waals surface area contributed by atoms with Crippen LogP contribution in [0, 0.1) is 5.82 Å². The Morgan fingerprint density at radius 1 is 1.33 bits per heavy atom. The second-order valence-electron chi connectivity index (χ2n) is 6.36. The van der Waals surface area contributed by atoms with Gasteiger partial charge in [0.25, 0.3) is 5.91 Å². The first-order valence-corrected chi connectivity index (χ1v) is 9.51. The van der Waals surface area contributed by atoms with Gasteiger partial charge >= 0.3 is 0 Å². The Morgan fingerprint density at radius 3 is 2.89 bits per heavy atom. The van der Waals surface area contributed by atoms with Gasteiger partial charge in [-0.2, -0.15) is 5.10 Å². The molecule has 1 saturated heterocycles. The van der Waals surface area contributed by atoms with Gasteiger partial charge in [0.1, 0.15) is 15.8 Å². The molecule has 0 aliphatic carbocycles. The molecule has 1 amide bonds. The fraction of sp³-hybridized carbons (Fsp3) is 0.278. The molecule has 0 saturated carbocycles. The van der Waals surface area contributed by atoms with Gasteiger partial charge in [-0.05, 0) is 38.1 Å². The number of amides is 1. The first-order valence-electron chi connectivity index (χ1n) is 8.69. The maximum atomic E-state index is 14.0. The molecule has 4 rings (SSSR count). The Hall–Kier alpha value is -2.78. The molecule has 0 atom stereocenters. The van der Waals surface area contributed by atoms with Gasteiger partial charge in [0.2, 0.25) is 0 Å². The fourth-order valence-electron chi connectivity index (χ4n) is 3.11. The van der Waals surface area contributed by atoms with Crippen LogP contribution < -0.4 is 16.4 Å². The number of nitrogen functional groups attached to an aromatic ring is 1. The number of carbonyl (C=O) groups excluding carboxylic acids is 1. The monoisotopic (exact) mass is 386 g/mol. The quantitative estimate of drug-likeness (QED) is 0.640. The average molecular weight is 386 g/mol. The largest absolute Gasteiger partial charge is 0.389 e. The molecule has 2 aromatic heterocycles. The molecule has 0 spiro atoms. The molecule has 1 aromatic carbocycles. The number of hydrogen-bond acceptors (Lipinski definition) is 6. The zero-order valence-electron chi connectivity index (χ0n) is 14.5. The SMILES string of the molecule is Nc1sc(-c2ccccc2F)nc1C(=O)Nc1cnn(C2CCNCC2)c1. The molecule has 1 fully saturated rings. The Bertz CT molecular complexity index is 962. The van der Waals surface area contributed by atoms with Crippen LogP contribution in [0.4, 0.5) is 15.1 Å². The van der Waals surface area contributed by atoms with Gasteiger partial charge in [-0.3, -0.25) is 9.48 Å². The smallest absolute Gasteiger partial charge is 0.277 e. The van der Waals surface area contributed by atoms with E-state index >= 15 is 0 Å². The van der Waals surface area contributed by atoms with Gasteiger partial charge in [0, 0.05) is 11.8 Å². The van der Waals surface area contributed by atoms with Crippen molar-refractivity contribution in [1.29, 1.82) is 0 Å². The minimum Gasteiger partial charge on any atom is -0.389 e. The number of halogens is 1. The topological polar surface area (TPSA) is 97.9 Å². The molecule has 9 heteroatoms. The van der Waals surface area contributed by atoms with E-state index in [2.05, 4.69) is 20.7 Å². The van der Waals surface area contributed by atoms with Crippen molar-refractivity contribution in [3.63, 3.8) is 0 Å². The van der Waals surface area contributed by atoms with Gasteiger partial charge in [0.05, 0.1) is 17.9 Å². The maximum absolute atomic E-state index is 14.0. The van der Waals surface area contributed by atoms with Crippen LogP contribution in [0.5, 0.6) is 0 Å². The predicted octanol–water partition coefficient (Wildman–Crippen LogP) is 2.90. The van der Waals surface area contributed by atoms with E-state index in [0.29, 0.717) is 22.3 Å². The molecule has 27 heavy (non-hydrogen) atoms. The molecule has 1 aliphatic heterocycles. The molecule has 3 aromatic rings. The van der Waals surface area contributed by atoms with E-state index in [9.17, 15) is 9.18 Å². The zero-order valence-corrected chi connectivity index (χ0v) is 15.3. The molecule has 0 bridgehead atoms. The molecule has 7 nitrogen and oxygen atoms in total. The van der Waals surface area contributed by atoms with E-state index in [0.717, 1.165) is 37.3 Å². The molecule has 0 radical (unpaired) electrons. The van der Waals surface area contributed by atoms with E-state index in [1.54, 1.807) is 24.4 Å². The second-order valence-corrected chi connectivity index (χ2v) is 7.39. The fourth-order valence-corrected chi connectivity index (χ4v) is 3.96. The Balaban J connectivity index is 1.50. The van der Waals surface area contributed by atoms with E-state index in [4.69, 9.17) is 5.73 Å². The van der Waals surface area contributed by atoms with E-state index in [1.807, 2.05) is 10.9 Å². The van der Waals surface area contributed by atoms with Crippen LogP contribution in [-0.4, -0.2) is 33.8 Å². The van der Waals surface area contributed by atoms with Crippen molar-refractivity contribution >= 4 is 27.9 Å². The van der Waals surface area contributed by atoms with Crippen LogP contribution in [0.25, 0.3) is 10.6 Å². The third-order valence-corrected chi connectivity index (χ3v) is 5.43. The van der Waals surface area contributed by atoms with Crippen molar-refractivity contribution in [2.24, 2.45) is 0 Å². The van der Waals surface area contributed by atoms with Crippen molar-refractivity contribution in [3.05, 3.63) is 48.2 Å². The minimum atomic E-state index is -0.434. The normalized spacial score (nSPS) is 15.0. The maximum Gasteiger partial charge on any atom is 0.277 e.